The fraction of sp³-hybridized carbons (Fsp3) is 0.250. The molecule has 1 saturated heterocycles. The van der Waals surface area contributed by atoms with Crippen LogP contribution in [0, 0.1) is 0 Å². The maximum atomic E-state index is 12.7. The van der Waals surface area contributed by atoms with Crippen molar-refractivity contribution < 1.29 is 9.59 Å². The summed E-state index contributed by atoms with van der Waals surface area (Å²) in [5.74, 6) is 0.449. The standard InChI is InChI=1S/C28H28N6O3/c1-17(35)34-12-9-20(10-13-34)19-3-5-22(6-4-19)32-27-25-21(8-11-30-28(25)37)15-23(33-27)14-18-2-7-24(26(29)36)31-16-18/h2-8,11,15-16,20H,9-10,12-14H2,1H3,(H2,29,36)(H,30,37)(H,32,33). The summed E-state index contributed by atoms with van der Waals surface area (Å²) in [5, 5.41) is 4.58. The number of aromatic nitrogens is 3. The number of primary amides is 1. The number of anilines is 2. The Bertz CT molecular complexity index is 1500. The quantitative estimate of drug-likeness (QED) is 0.374. The molecule has 0 radical (unpaired) electrons. The van der Waals surface area contributed by atoms with E-state index in [2.05, 4.69) is 27.4 Å². The summed E-state index contributed by atoms with van der Waals surface area (Å²) in [7, 11) is 0. The van der Waals surface area contributed by atoms with E-state index in [1.54, 1.807) is 31.5 Å². The Morgan fingerprint density at radius 3 is 2.51 bits per heavy atom. The lowest BCUT2D eigenvalue weighted by Crippen LogP contribution is -2.36. The van der Waals surface area contributed by atoms with Crippen LogP contribution in [-0.2, 0) is 11.2 Å². The molecule has 0 unspecified atom stereocenters. The summed E-state index contributed by atoms with van der Waals surface area (Å²) in [6.07, 6.45) is 5.60. The summed E-state index contributed by atoms with van der Waals surface area (Å²) >= 11 is 0. The zero-order chi connectivity index (χ0) is 25.9. The Balaban J connectivity index is 1.39. The third-order valence-corrected chi connectivity index (χ3v) is 6.85. The second kappa shape index (κ2) is 10.2. The first-order chi connectivity index (χ1) is 17.9. The third kappa shape index (κ3) is 5.35. The summed E-state index contributed by atoms with van der Waals surface area (Å²) < 4.78 is 0. The van der Waals surface area contributed by atoms with Crippen molar-refractivity contribution in [3.8, 4) is 0 Å². The molecule has 0 spiro atoms. The lowest BCUT2D eigenvalue weighted by atomic mass is 9.89. The predicted molar refractivity (Wildman–Crippen MR) is 142 cm³/mol. The van der Waals surface area contributed by atoms with Crippen molar-refractivity contribution in [2.45, 2.75) is 32.1 Å². The number of fused-ring (bicyclic) bond motifs is 1. The number of carbonyl (C=O) groups excluding carboxylic acids is 2. The number of benzene rings is 1. The molecule has 0 aliphatic carbocycles. The molecule has 2 amide bonds. The number of rotatable bonds is 6. The van der Waals surface area contributed by atoms with E-state index in [0.29, 0.717) is 23.5 Å². The van der Waals surface area contributed by atoms with Crippen molar-refractivity contribution in [2.75, 3.05) is 18.4 Å². The van der Waals surface area contributed by atoms with E-state index in [0.717, 1.165) is 48.3 Å². The maximum Gasteiger partial charge on any atom is 0.267 e. The molecule has 37 heavy (non-hydrogen) atoms. The Morgan fingerprint density at radius 1 is 1.11 bits per heavy atom. The van der Waals surface area contributed by atoms with Gasteiger partial charge in [0, 0.05) is 50.2 Å². The van der Waals surface area contributed by atoms with Crippen LogP contribution in [0.5, 0.6) is 0 Å². The van der Waals surface area contributed by atoms with Gasteiger partial charge >= 0.3 is 0 Å². The minimum absolute atomic E-state index is 0.133. The van der Waals surface area contributed by atoms with Crippen LogP contribution >= 0.6 is 0 Å². The maximum absolute atomic E-state index is 12.7. The van der Waals surface area contributed by atoms with Gasteiger partial charge in [-0.2, -0.15) is 0 Å². The number of piperidine rings is 1. The first kappa shape index (κ1) is 24.2. The van der Waals surface area contributed by atoms with Crippen LogP contribution in [0.2, 0.25) is 0 Å². The van der Waals surface area contributed by atoms with Gasteiger partial charge in [0.2, 0.25) is 5.91 Å². The van der Waals surface area contributed by atoms with Crippen molar-refractivity contribution in [1.29, 1.82) is 0 Å². The molecule has 4 aromatic rings. The fourth-order valence-electron chi connectivity index (χ4n) is 4.84. The van der Waals surface area contributed by atoms with Crippen LogP contribution in [0.25, 0.3) is 10.8 Å². The number of nitrogens with two attached hydrogens (primary N) is 1. The van der Waals surface area contributed by atoms with Gasteiger partial charge in [-0.3, -0.25) is 19.4 Å². The lowest BCUT2D eigenvalue weighted by Gasteiger charge is -2.31. The van der Waals surface area contributed by atoms with Gasteiger partial charge in [0.25, 0.3) is 11.5 Å². The van der Waals surface area contributed by atoms with E-state index >= 15 is 0 Å². The molecule has 1 fully saturated rings. The molecule has 0 saturated carbocycles. The number of likely N-dealkylation sites (tertiary alicyclic amines) is 1. The fourth-order valence-corrected chi connectivity index (χ4v) is 4.84. The number of nitrogens with one attached hydrogen (secondary N) is 2. The van der Waals surface area contributed by atoms with Gasteiger partial charge in [-0.25, -0.2) is 4.98 Å². The summed E-state index contributed by atoms with van der Waals surface area (Å²) in [5.41, 5.74) is 8.96. The molecule has 0 atom stereocenters. The SMILES string of the molecule is CC(=O)N1CCC(c2ccc(Nc3nc(Cc4ccc(C(N)=O)nc4)cc4cc[nH]c(=O)c34)cc2)CC1. The molecular weight excluding hydrogens is 468 g/mol. The molecule has 0 bridgehead atoms. The van der Waals surface area contributed by atoms with Crippen LogP contribution in [0.3, 0.4) is 0 Å². The Hall–Kier alpha value is -4.53. The van der Waals surface area contributed by atoms with Crippen molar-refractivity contribution in [1.82, 2.24) is 19.9 Å². The Kier molecular flexibility index (Phi) is 6.68. The number of carbonyl (C=O) groups is 2. The van der Waals surface area contributed by atoms with E-state index in [-0.39, 0.29) is 17.2 Å². The van der Waals surface area contributed by atoms with E-state index in [1.165, 1.54) is 5.56 Å². The van der Waals surface area contributed by atoms with E-state index in [9.17, 15) is 14.4 Å². The summed E-state index contributed by atoms with van der Waals surface area (Å²) in [4.78, 5) is 49.1. The number of pyridine rings is 3. The monoisotopic (exact) mass is 496 g/mol. The zero-order valence-corrected chi connectivity index (χ0v) is 20.5. The molecule has 1 aliphatic heterocycles. The van der Waals surface area contributed by atoms with Crippen LogP contribution < -0.4 is 16.6 Å². The molecule has 4 heterocycles. The second-order valence-electron chi connectivity index (χ2n) is 9.35. The number of nitrogens with zero attached hydrogens (tertiary/aromatic N) is 3. The van der Waals surface area contributed by atoms with Crippen LogP contribution in [0.15, 0.2) is 65.7 Å². The van der Waals surface area contributed by atoms with Crippen LogP contribution in [0.1, 0.15) is 53.0 Å². The van der Waals surface area contributed by atoms with Gasteiger partial charge in [-0.15, -0.1) is 0 Å². The number of amides is 2. The zero-order valence-electron chi connectivity index (χ0n) is 20.5. The first-order valence-corrected chi connectivity index (χ1v) is 12.3. The molecule has 1 aliphatic rings. The highest BCUT2D eigenvalue weighted by atomic mass is 16.2. The molecule has 4 N–H and O–H groups in total. The molecule has 1 aromatic carbocycles. The molecular formula is C28H28N6O3. The van der Waals surface area contributed by atoms with Crippen molar-refractivity contribution >= 4 is 34.1 Å². The molecule has 5 rings (SSSR count). The highest BCUT2D eigenvalue weighted by molar-refractivity contribution is 5.93. The van der Waals surface area contributed by atoms with Crippen molar-refractivity contribution in [3.63, 3.8) is 0 Å². The molecule has 9 heteroatoms. The lowest BCUT2D eigenvalue weighted by molar-refractivity contribution is -0.129. The Morgan fingerprint density at radius 2 is 1.86 bits per heavy atom. The van der Waals surface area contributed by atoms with Gasteiger partial charge in [-0.05, 0) is 65.6 Å². The van der Waals surface area contributed by atoms with Gasteiger partial charge in [-0.1, -0.05) is 18.2 Å². The molecule has 188 valence electrons. The van der Waals surface area contributed by atoms with E-state index in [1.807, 2.05) is 29.2 Å². The number of hydrogen-bond acceptors (Lipinski definition) is 6. The van der Waals surface area contributed by atoms with Crippen LogP contribution in [-0.4, -0.2) is 44.8 Å². The van der Waals surface area contributed by atoms with Crippen molar-refractivity contribution in [3.05, 3.63) is 93.8 Å². The predicted octanol–water partition coefficient (Wildman–Crippen LogP) is 3.48. The van der Waals surface area contributed by atoms with E-state index in [4.69, 9.17) is 10.7 Å². The molecule has 9 nitrogen and oxygen atoms in total. The number of aromatic amines is 1. The average Bonchev–Trinajstić information content (AvgIpc) is 2.89. The smallest absolute Gasteiger partial charge is 0.267 e. The van der Waals surface area contributed by atoms with E-state index < -0.39 is 5.91 Å². The second-order valence-corrected chi connectivity index (χ2v) is 9.35. The number of H-pyrrole nitrogens is 1. The van der Waals surface area contributed by atoms with Crippen molar-refractivity contribution in [2.24, 2.45) is 5.73 Å². The van der Waals surface area contributed by atoms with Gasteiger partial charge in [0.05, 0.1) is 5.39 Å². The topological polar surface area (TPSA) is 134 Å². The highest BCUT2D eigenvalue weighted by Gasteiger charge is 2.22. The molecule has 3 aromatic heterocycles. The van der Waals surface area contributed by atoms with Gasteiger partial charge < -0.3 is 20.9 Å². The largest absolute Gasteiger partial charge is 0.364 e. The first-order valence-electron chi connectivity index (χ1n) is 12.3. The average molecular weight is 497 g/mol. The summed E-state index contributed by atoms with van der Waals surface area (Å²) in [6.45, 7) is 3.19. The highest BCUT2D eigenvalue weighted by Crippen LogP contribution is 2.30. The van der Waals surface area contributed by atoms with Crippen LogP contribution in [0.4, 0.5) is 11.5 Å². The number of hydrogen-bond donors (Lipinski definition) is 3. The Labute approximate surface area is 213 Å². The normalized spacial score (nSPS) is 14.0. The van der Waals surface area contributed by atoms with Gasteiger partial charge in [0.15, 0.2) is 0 Å². The third-order valence-electron chi connectivity index (χ3n) is 6.85. The summed E-state index contributed by atoms with van der Waals surface area (Å²) in [6, 6.07) is 15.3. The minimum atomic E-state index is -0.575. The van der Waals surface area contributed by atoms with Gasteiger partial charge in [0.1, 0.15) is 11.5 Å². The minimum Gasteiger partial charge on any atom is -0.364 e.